The SMILES string of the molecule is C=CC.C=CC.Cc1ccc2c(ccc3cc(-c4cc(-c5ccc(N(C6=CCCC=C6)c6ccccc6)cc5)cc(-c5ccc(N(c6ccccc6)c6ccccc6)cc5)c4)ccc32)c1.Cc1ccccc1. The number of hydrogen-bond donors (Lipinski definition) is 0. The first kappa shape index (κ1) is 49.7. The van der Waals surface area contributed by atoms with Crippen molar-refractivity contribution in [2.75, 3.05) is 9.80 Å². The largest absolute Gasteiger partial charge is 0.311 e. The van der Waals surface area contributed by atoms with Gasteiger partial charge in [0.05, 0.1) is 0 Å². The maximum atomic E-state index is 3.36. The van der Waals surface area contributed by atoms with E-state index in [1.807, 2.05) is 32.0 Å². The zero-order chi connectivity index (χ0) is 50.1. The maximum Gasteiger partial charge on any atom is 0.0462 e. The number of anilines is 5. The summed E-state index contributed by atoms with van der Waals surface area (Å²) in [7, 11) is 0. The summed E-state index contributed by atoms with van der Waals surface area (Å²) in [5.41, 5.74) is 16.6. The van der Waals surface area contributed by atoms with Crippen molar-refractivity contribution in [2.24, 2.45) is 0 Å². The minimum atomic E-state index is 1.05. The van der Waals surface area contributed by atoms with E-state index in [1.165, 1.54) is 71.7 Å². The topological polar surface area (TPSA) is 6.48 Å². The normalized spacial score (nSPS) is 11.4. The summed E-state index contributed by atoms with van der Waals surface area (Å²) in [6.45, 7) is 14.7. The van der Waals surface area contributed by atoms with Gasteiger partial charge in [-0.25, -0.2) is 0 Å². The van der Waals surface area contributed by atoms with Gasteiger partial charge in [-0.1, -0.05) is 187 Å². The first-order valence-electron chi connectivity index (χ1n) is 24.9. The summed E-state index contributed by atoms with van der Waals surface area (Å²) in [6.07, 6.45) is 12.5. The molecule has 0 aliphatic heterocycles. The van der Waals surface area contributed by atoms with Gasteiger partial charge in [0.15, 0.2) is 0 Å². The van der Waals surface area contributed by atoms with Crippen LogP contribution >= 0.6 is 0 Å². The summed E-state index contributed by atoms with van der Waals surface area (Å²) in [4.78, 5) is 4.67. The third-order valence-electron chi connectivity index (χ3n) is 12.4. The summed E-state index contributed by atoms with van der Waals surface area (Å²) in [6, 6.07) is 85.4. The second-order valence-corrected chi connectivity index (χ2v) is 17.9. The summed E-state index contributed by atoms with van der Waals surface area (Å²) < 4.78 is 0. The Morgan fingerprint density at radius 1 is 0.347 bits per heavy atom. The van der Waals surface area contributed by atoms with Crippen LogP contribution in [0.25, 0.3) is 54.9 Å². The van der Waals surface area contributed by atoms with E-state index in [0.29, 0.717) is 0 Å². The van der Waals surface area contributed by atoms with Gasteiger partial charge in [-0.2, -0.15) is 0 Å². The molecule has 0 fully saturated rings. The number of rotatable bonds is 9. The summed E-state index contributed by atoms with van der Waals surface area (Å²) in [5.74, 6) is 0. The number of fused-ring (bicyclic) bond motifs is 3. The van der Waals surface area contributed by atoms with E-state index in [4.69, 9.17) is 0 Å². The lowest BCUT2D eigenvalue weighted by molar-refractivity contribution is 0.997. The fourth-order valence-corrected chi connectivity index (χ4v) is 9.03. The Bertz CT molecular complexity index is 3340. The zero-order valence-electron chi connectivity index (χ0n) is 42.1. The third-order valence-corrected chi connectivity index (χ3v) is 12.4. The minimum absolute atomic E-state index is 1.05. The van der Waals surface area contributed by atoms with Crippen molar-refractivity contribution in [3.63, 3.8) is 0 Å². The van der Waals surface area contributed by atoms with Crippen molar-refractivity contribution >= 4 is 50.0 Å². The van der Waals surface area contributed by atoms with Crippen molar-refractivity contribution in [3.05, 3.63) is 297 Å². The molecular formula is C70H64N2. The van der Waals surface area contributed by atoms with Crippen LogP contribution in [0.5, 0.6) is 0 Å². The Kier molecular flexibility index (Phi) is 17.1. The van der Waals surface area contributed by atoms with E-state index in [0.717, 1.165) is 41.3 Å². The average molecular weight is 933 g/mol. The molecular weight excluding hydrogens is 869 g/mol. The number of benzene rings is 10. The molecule has 1 aliphatic carbocycles. The van der Waals surface area contributed by atoms with Crippen molar-refractivity contribution in [3.8, 4) is 33.4 Å². The van der Waals surface area contributed by atoms with Crippen LogP contribution in [0, 0.1) is 13.8 Å². The molecule has 11 rings (SSSR count). The highest BCUT2D eigenvalue weighted by molar-refractivity contribution is 6.08. The van der Waals surface area contributed by atoms with Gasteiger partial charge < -0.3 is 9.80 Å². The Morgan fingerprint density at radius 2 is 0.736 bits per heavy atom. The lowest BCUT2D eigenvalue weighted by Gasteiger charge is -2.27. The van der Waals surface area contributed by atoms with Crippen LogP contribution in [0.4, 0.5) is 28.4 Å². The van der Waals surface area contributed by atoms with Crippen molar-refractivity contribution < 1.29 is 0 Å². The van der Waals surface area contributed by atoms with Crippen LogP contribution in [0.1, 0.15) is 37.8 Å². The van der Waals surface area contributed by atoms with Gasteiger partial charge in [0.1, 0.15) is 0 Å². The lowest BCUT2D eigenvalue weighted by atomic mass is 9.91. The quantitative estimate of drug-likeness (QED) is 0.105. The van der Waals surface area contributed by atoms with Crippen molar-refractivity contribution in [1.82, 2.24) is 0 Å². The highest BCUT2D eigenvalue weighted by atomic mass is 15.1. The molecule has 0 spiro atoms. The summed E-state index contributed by atoms with van der Waals surface area (Å²) >= 11 is 0. The molecule has 72 heavy (non-hydrogen) atoms. The predicted octanol–water partition coefficient (Wildman–Crippen LogP) is 20.5. The minimum Gasteiger partial charge on any atom is -0.311 e. The Morgan fingerprint density at radius 3 is 1.18 bits per heavy atom. The molecule has 10 aromatic carbocycles. The molecule has 0 heterocycles. The lowest BCUT2D eigenvalue weighted by Crippen LogP contribution is -2.16. The van der Waals surface area contributed by atoms with Gasteiger partial charge in [-0.3, -0.25) is 0 Å². The van der Waals surface area contributed by atoms with Gasteiger partial charge in [-0.05, 0) is 186 Å². The van der Waals surface area contributed by atoms with Crippen LogP contribution in [0.3, 0.4) is 0 Å². The van der Waals surface area contributed by atoms with E-state index in [-0.39, 0.29) is 0 Å². The molecule has 1 aliphatic rings. The molecule has 0 atom stereocenters. The molecule has 0 unspecified atom stereocenters. The van der Waals surface area contributed by atoms with Crippen LogP contribution in [0.15, 0.2) is 286 Å². The van der Waals surface area contributed by atoms with Crippen molar-refractivity contribution in [2.45, 2.75) is 40.5 Å². The molecule has 0 bridgehead atoms. The van der Waals surface area contributed by atoms with Gasteiger partial charge in [0, 0.05) is 34.1 Å². The second kappa shape index (κ2) is 24.7. The monoisotopic (exact) mass is 933 g/mol. The highest BCUT2D eigenvalue weighted by Gasteiger charge is 2.17. The van der Waals surface area contributed by atoms with Gasteiger partial charge in [-0.15, -0.1) is 13.2 Å². The molecule has 0 radical (unpaired) electrons. The van der Waals surface area contributed by atoms with Gasteiger partial charge in [0.2, 0.25) is 0 Å². The molecule has 0 N–H and O–H groups in total. The Hall–Kier alpha value is -8.72. The van der Waals surface area contributed by atoms with E-state index in [2.05, 4.69) is 273 Å². The number of hydrogen-bond acceptors (Lipinski definition) is 2. The van der Waals surface area contributed by atoms with Crippen molar-refractivity contribution in [1.29, 1.82) is 0 Å². The van der Waals surface area contributed by atoms with E-state index in [9.17, 15) is 0 Å². The van der Waals surface area contributed by atoms with E-state index >= 15 is 0 Å². The van der Waals surface area contributed by atoms with Crippen LogP contribution in [-0.4, -0.2) is 0 Å². The van der Waals surface area contributed by atoms with Crippen LogP contribution in [-0.2, 0) is 0 Å². The standard InChI is InChI=1S/C57H44N2.C7H8.2C3H6/c1-41-22-34-56-45(36-41)23-24-46-37-44(29-35-57(46)56)49-39-47(42-25-30-54(31-26-42)58(50-14-6-2-7-15-50)51-16-8-3-9-17-51)38-48(40-49)43-27-32-55(33-28-43)59(52-18-10-4-11-19-52)53-20-12-5-13-21-53;1-7-5-3-2-4-6-7;2*1-3-2/h2-4,6-12,14-40H,5,13H2,1H3;2-6H,1H3;2*3H,1H2,2H3. The first-order chi connectivity index (χ1) is 35.4. The molecule has 0 saturated carbocycles. The average Bonchev–Trinajstić information content (AvgIpc) is 3.43. The van der Waals surface area contributed by atoms with E-state index < -0.39 is 0 Å². The fraction of sp³-hybridized carbons (Fsp3) is 0.0857. The molecule has 354 valence electrons. The smallest absolute Gasteiger partial charge is 0.0462 e. The molecule has 0 aromatic heterocycles. The molecule has 10 aromatic rings. The third kappa shape index (κ3) is 12.3. The van der Waals surface area contributed by atoms with E-state index in [1.54, 1.807) is 12.2 Å². The van der Waals surface area contributed by atoms with Gasteiger partial charge >= 0.3 is 0 Å². The predicted molar refractivity (Wildman–Crippen MR) is 315 cm³/mol. The zero-order valence-corrected chi connectivity index (χ0v) is 42.1. The molecule has 2 nitrogen and oxygen atoms in total. The first-order valence-corrected chi connectivity index (χ1v) is 24.9. The van der Waals surface area contributed by atoms with Crippen LogP contribution < -0.4 is 9.80 Å². The Balaban J connectivity index is 0.000000474. The summed E-state index contributed by atoms with van der Waals surface area (Å²) in [5, 5.41) is 5.09. The van der Waals surface area contributed by atoms with Gasteiger partial charge in [0.25, 0.3) is 0 Å². The molecule has 0 amide bonds. The molecule has 0 saturated heterocycles. The maximum absolute atomic E-state index is 3.36. The molecule has 2 heteroatoms. The number of allylic oxidation sites excluding steroid dienone is 5. The second-order valence-electron chi connectivity index (χ2n) is 17.9. The Labute approximate surface area is 428 Å². The highest BCUT2D eigenvalue weighted by Crippen LogP contribution is 2.40. The van der Waals surface area contributed by atoms with Crippen LogP contribution in [0.2, 0.25) is 0 Å². The number of aryl methyl sites for hydroxylation is 2. The fourth-order valence-electron chi connectivity index (χ4n) is 9.03. The number of nitrogens with zero attached hydrogens (tertiary/aromatic N) is 2. The number of para-hydroxylation sites is 3.